The summed E-state index contributed by atoms with van der Waals surface area (Å²) in [5.74, 6) is 2.93. The van der Waals surface area contributed by atoms with Crippen molar-refractivity contribution in [2.45, 2.75) is 404 Å². The molecule has 0 spiro atoms. The summed E-state index contributed by atoms with van der Waals surface area (Å²) in [6.07, 6.45) is 56.5. The van der Waals surface area contributed by atoms with Gasteiger partial charge in [0, 0.05) is 114 Å². The Bertz CT molecular complexity index is 2880. The molecule has 0 aromatic rings. The van der Waals surface area contributed by atoms with E-state index in [1.54, 1.807) is 58.8 Å². The topological polar surface area (TPSA) is 288 Å². The fraction of sp³-hybridized carbons (Fsp3) is 0.910. The summed E-state index contributed by atoms with van der Waals surface area (Å²) in [4.78, 5) is 142. The van der Waals surface area contributed by atoms with Crippen molar-refractivity contribution in [2.24, 2.45) is 29.6 Å². The number of ether oxygens (including phenoxy) is 10. The number of carbonyl (C=O) groups excluding carboxylic acids is 10. The Morgan fingerprint density at radius 3 is 0.546 bits per heavy atom. The maximum Gasteiger partial charge on any atom is 0.309 e. The molecule has 25 nitrogen and oxygen atoms in total. The Kier molecular flexibility index (Phi) is 102. The molecule has 0 saturated carbocycles. The Morgan fingerprint density at radius 2 is 0.348 bits per heavy atom. The van der Waals surface area contributed by atoms with E-state index in [-0.39, 0.29) is 177 Å². The monoisotopic (exact) mass is 2090 g/mol. The maximum absolute atomic E-state index is 13.8. The van der Waals surface area contributed by atoms with E-state index in [1.165, 1.54) is 244 Å². The summed E-state index contributed by atoms with van der Waals surface area (Å²) in [6, 6.07) is 0. The molecule has 0 fully saturated rings. The standard InChI is InChI=1S/C111H209N5O20S5/c1-12-18-24-30-36-37-38-39-40-41-42-43-44-45-46-52-65-113(66-58-102(117)127-77-82-132-107(122)97(7)92-137-87-53-47-31-25-19-13-2)73-75-116(70-62-106(121)131-81-86-136-111(126)101(11)96-141-91-57-51-35-29-23-17-6)76-74-115(69-61-105(120)130-80-85-135-110(125)100(10)95-140-90-56-50-34-28-22-16-5)72-64-112-63-71-114(67-59-103(118)128-78-83-133-108(123)98(8)93-138-88-54-48-32-26-20-14-3)68-60-104(119)129-79-84-134-109(124)99(9)94-139-89-55-49-33-27-21-15-4/h97-101,112H,12-96H2,1-11H3. The highest BCUT2D eigenvalue weighted by atomic mass is 32.2. The van der Waals surface area contributed by atoms with Crippen LogP contribution in [0.25, 0.3) is 0 Å². The van der Waals surface area contributed by atoms with Gasteiger partial charge in [0.1, 0.15) is 66.1 Å². The largest absolute Gasteiger partial charge is 0.462 e. The predicted octanol–water partition coefficient (Wildman–Crippen LogP) is 24.1. The SMILES string of the molecule is CCCCCCCCCCCCCCCCCCN(CCC(=O)OCCOC(=O)C(C)CSCCCCCCCC)CCN(CCC(=O)OCCOC(=O)C(C)CSCCCCCCCC)CCN(CCNCCN(CCC(=O)OCCOC(=O)C(C)CSCCCCCCCC)CCC(=O)OCCOC(=O)C(C)CSCCCCCCCC)CCC(=O)OCCOC(=O)C(C)CSCCCCCCCC. The third-order valence-electron chi connectivity index (χ3n) is 25.2. The predicted molar refractivity (Wildman–Crippen MR) is 590 cm³/mol. The lowest BCUT2D eigenvalue weighted by Gasteiger charge is -2.30. The molecule has 0 amide bonds. The first-order chi connectivity index (χ1) is 68.6. The average molecular weight is 2090 g/mol. The quantitative estimate of drug-likeness (QED) is 0.0336. The molecular formula is C111H209N5O20S5. The number of hydrogen-bond acceptors (Lipinski definition) is 30. The van der Waals surface area contributed by atoms with E-state index in [1.807, 2.05) is 39.5 Å². The van der Waals surface area contributed by atoms with Gasteiger partial charge < -0.3 is 72.3 Å². The second-order valence-electron chi connectivity index (χ2n) is 38.8. The van der Waals surface area contributed by atoms with Crippen molar-refractivity contribution in [1.82, 2.24) is 24.9 Å². The first-order valence-corrected chi connectivity index (χ1v) is 62.5. The van der Waals surface area contributed by atoms with Crippen molar-refractivity contribution < 1.29 is 95.3 Å². The molecule has 1 N–H and O–H groups in total. The second-order valence-corrected chi connectivity index (χ2v) is 44.6. The van der Waals surface area contributed by atoms with Gasteiger partial charge in [-0.1, -0.05) is 333 Å². The number of nitrogens with zero attached hydrogens (tertiary/aromatic N) is 4. The summed E-state index contributed by atoms with van der Waals surface area (Å²) in [7, 11) is 0. The van der Waals surface area contributed by atoms with Gasteiger partial charge in [0.05, 0.1) is 61.7 Å². The minimum absolute atomic E-state index is 0.00603. The number of rotatable bonds is 109. The zero-order chi connectivity index (χ0) is 103. The van der Waals surface area contributed by atoms with E-state index in [0.29, 0.717) is 101 Å². The Balaban J connectivity index is 7.08. The van der Waals surface area contributed by atoms with Crippen LogP contribution in [0.15, 0.2) is 0 Å². The fourth-order valence-electron chi connectivity index (χ4n) is 15.8. The van der Waals surface area contributed by atoms with Gasteiger partial charge in [-0.2, -0.15) is 58.8 Å². The molecule has 5 unspecified atom stereocenters. The molecule has 0 aliphatic rings. The highest BCUT2D eigenvalue weighted by Crippen LogP contribution is 2.23. The lowest BCUT2D eigenvalue weighted by Crippen LogP contribution is -2.43. The highest BCUT2D eigenvalue weighted by molar-refractivity contribution is 8.00. The van der Waals surface area contributed by atoms with Crippen LogP contribution in [0.1, 0.15) is 404 Å². The van der Waals surface area contributed by atoms with Gasteiger partial charge >= 0.3 is 59.7 Å². The zero-order valence-corrected chi connectivity index (χ0v) is 95.6. The van der Waals surface area contributed by atoms with Gasteiger partial charge in [-0.15, -0.1) is 0 Å². The number of unbranched alkanes of at least 4 members (excludes halogenated alkanes) is 40. The molecule has 0 rings (SSSR count). The van der Waals surface area contributed by atoms with Gasteiger partial charge in [0.15, 0.2) is 0 Å². The van der Waals surface area contributed by atoms with E-state index in [2.05, 4.69) is 61.6 Å². The van der Waals surface area contributed by atoms with Crippen molar-refractivity contribution in [1.29, 1.82) is 0 Å². The minimum atomic E-state index is -0.486. The summed E-state index contributed by atoms with van der Waals surface area (Å²) >= 11 is 8.81. The van der Waals surface area contributed by atoms with Crippen molar-refractivity contribution in [3.05, 3.63) is 0 Å². The summed E-state index contributed by atoms with van der Waals surface area (Å²) < 4.78 is 56.1. The maximum atomic E-state index is 13.8. The molecule has 0 aliphatic heterocycles. The van der Waals surface area contributed by atoms with Gasteiger partial charge in [0.25, 0.3) is 0 Å². The number of esters is 10. The molecule has 141 heavy (non-hydrogen) atoms. The van der Waals surface area contributed by atoms with Crippen LogP contribution in [-0.4, -0.2) is 295 Å². The lowest BCUT2D eigenvalue weighted by atomic mass is 10.0. The van der Waals surface area contributed by atoms with Gasteiger partial charge in [0.2, 0.25) is 0 Å². The molecular weight excluding hydrogens is 1880 g/mol. The molecule has 828 valence electrons. The van der Waals surface area contributed by atoms with Crippen LogP contribution in [0, 0.1) is 29.6 Å². The number of hydrogen-bond donors (Lipinski definition) is 1. The summed E-state index contributed by atoms with van der Waals surface area (Å²) in [5.41, 5.74) is 0. The molecule has 0 aliphatic carbocycles. The molecule has 0 aromatic heterocycles. The zero-order valence-electron chi connectivity index (χ0n) is 91.5. The molecule has 0 aromatic carbocycles. The normalized spacial score (nSPS) is 12.6. The molecule has 0 bridgehead atoms. The Morgan fingerprint density at radius 1 is 0.191 bits per heavy atom. The smallest absolute Gasteiger partial charge is 0.309 e. The Hall–Kier alpha value is -3.75. The van der Waals surface area contributed by atoms with Crippen LogP contribution in [0.2, 0.25) is 0 Å². The van der Waals surface area contributed by atoms with Crippen LogP contribution in [0.3, 0.4) is 0 Å². The van der Waals surface area contributed by atoms with Crippen LogP contribution in [0.4, 0.5) is 0 Å². The molecule has 30 heteroatoms. The lowest BCUT2D eigenvalue weighted by molar-refractivity contribution is -0.154. The van der Waals surface area contributed by atoms with Gasteiger partial charge in [-0.05, 0) is 73.8 Å². The summed E-state index contributed by atoms with van der Waals surface area (Å²) in [5, 5.41) is 3.57. The van der Waals surface area contributed by atoms with E-state index in [4.69, 9.17) is 47.4 Å². The Labute approximate surface area is 881 Å². The van der Waals surface area contributed by atoms with Crippen LogP contribution in [0.5, 0.6) is 0 Å². The third kappa shape index (κ3) is 93.3. The van der Waals surface area contributed by atoms with Crippen LogP contribution in [-0.2, 0) is 95.3 Å². The van der Waals surface area contributed by atoms with E-state index >= 15 is 0 Å². The van der Waals surface area contributed by atoms with Crippen molar-refractivity contribution in [3.8, 4) is 0 Å². The third-order valence-corrected chi connectivity index (χ3v) is 31.7. The summed E-state index contributed by atoms with van der Waals surface area (Å²) in [6.45, 7) is 28.0. The molecule has 0 heterocycles. The first-order valence-electron chi connectivity index (χ1n) is 56.7. The molecule has 0 radical (unpaired) electrons. The van der Waals surface area contributed by atoms with Gasteiger partial charge in [-0.3, -0.25) is 47.9 Å². The van der Waals surface area contributed by atoms with Crippen LogP contribution >= 0.6 is 58.8 Å². The van der Waals surface area contributed by atoms with E-state index in [9.17, 15) is 47.9 Å². The molecule has 5 atom stereocenters. The van der Waals surface area contributed by atoms with E-state index in [0.717, 1.165) is 86.7 Å². The first kappa shape index (κ1) is 137. The van der Waals surface area contributed by atoms with Gasteiger partial charge in [-0.25, -0.2) is 0 Å². The minimum Gasteiger partial charge on any atom is -0.462 e. The number of carbonyl (C=O) groups is 10. The highest BCUT2D eigenvalue weighted by Gasteiger charge is 2.24. The van der Waals surface area contributed by atoms with Crippen molar-refractivity contribution in [3.63, 3.8) is 0 Å². The molecule has 0 saturated heterocycles. The van der Waals surface area contributed by atoms with Crippen molar-refractivity contribution in [2.75, 3.05) is 215 Å². The van der Waals surface area contributed by atoms with Crippen molar-refractivity contribution >= 4 is 119 Å². The average Bonchev–Trinajstić information content (AvgIpc) is 0.864. The fourth-order valence-corrected chi connectivity index (χ4v) is 21.1. The van der Waals surface area contributed by atoms with Crippen LogP contribution < -0.4 is 5.32 Å². The second kappa shape index (κ2) is 105. The number of thioether (sulfide) groups is 5. The number of nitrogens with one attached hydrogen (secondary N) is 1. The van der Waals surface area contributed by atoms with E-state index < -0.39 is 23.9 Å².